The van der Waals surface area contributed by atoms with Gasteiger partial charge in [-0.1, -0.05) is 20.8 Å². The van der Waals surface area contributed by atoms with E-state index in [0.29, 0.717) is 6.10 Å². The number of hydrogen-bond donors (Lipinski definition) is 1. The molecule has 0 radical (unpaired) electrons. The van der Waals surface area contributed by atoms with E-state index in [-0.39, 0.29) is 5.41 Å². The molecule has 0 fully saturated rings. The van der Waals surface area contributed by atoms with Gasteiger partial charge in [-0.2, -0.15) is 0 Å². The van der Waals surface area contributed by atoms with Crippen LogP contribution in [0.3, 0.4) is 0 Å². The van der Waals surface area contributed by atoms with Gasteiger partial charge < -0.3 is 10.5 Å². The van der Waals surface area contributed by atoms with E-state index in [1.54, 1.807) is 0 Å². The molecule has 2 nitrogen and oxygen atoms in total. The summed E-state index contributed by atoms with van der Waals surface area (Å²) in [5.74, 6) is 0. The molecule has 13 heavy (non-hydrogen) atoms. The number of nitrogens with two attached hydrogens (primary N) is 1. The molecule has 0 rings (SSSR count). The molecule has 2 N–H and O–H groups in total. The summed E-state index contributed by atoms with van der Waals surface area (Å²) in [5, 5.41) is 0. The van der Waals surface area contributed by atoms with Crippen LogP contribution in [0.4, 0.5) is 0 Å². The van der Waals surface area contributed by atoms with Crippen molar-refractivity contribution in [1.82, 2.24) is 0 Å². The molecule has 1 unspecified atom stereocenters. The van der Waals surface area contributed by atoms with Crippen molar-refractivity contribution in [1.29, 1.82) is 0 Å². The third-order valence-corrected chi connectivity index (χ3v) is 2.53. The van der Waals surface area contributed by atoms with Crippen molar-refractivity contribution in [3.05, 3.63) is 0 Å². The molecule has 0 aliphatic heterocycles. The van der Waals surface area contributed by atoms with Gasteiger partial charge >= 0.3 is 0 Å². The minimum Gasteiger partial charge on any atom is -0.379 e. The third kappa shape index (κ3) is 7.03. The predicted octanol–water partition coefficient (Wildman–Crippen LogP) is 2.57. The van der Waals surface area contributed by atoms with Crippen LogP contribution < -0.4 is 5.73 Å². The second kappa shape index (κ2) is 6.39. The fourth-order valence-electron chi connectivity index (χ4n) is 1.06. The molecule has 0 aliphatic carbocycles. The summed E-state index contributed by atoms with van der Waals surface area (Å²) < 4.78 is 5.59. The van der Waals surface area contributed by atoms with Crippen LogP contribution in [0.25, 0.3) is 0 Å². The molecular formula is C11H25NO. The minimum absolute atomic E-state index is 0.277. The van der Waals surface area contributed by atoms with Crippen molar-refractivity contribution in [2.75, 3.05) is 13.2 Å². The Morgan fingerprint density at radius 3 is 2.46 bits per heavy atom. The van der Waals surface area contributed by atoms with Crippen LogP contribution in [-0.2, 0) is 4.74 Å². The summed E-state index contributed by atoms with van der Waals surface area (Å²) in [7, 11) is 0. The number of rotatable bonds is 7. The summed E-state index contributed by atoms with van der Waals surface area (Å²) in [6, 6.07) is 0. The van der Waals surface area contributed by atoms with Gasteiger partial charge in [-0.05, 0) is 38.1 Å². The maximum Gasteiger partial charge on any atom is 0.0544 e. The average Bonchev–Trinajstić information content (AvgIpc) is 2.12. The Morgan fingerprint density at radius 1 is 1.38 bits per heavy atom. The normalized spacial score (nSPS) is 14.5. The zero-order valence-electron chi connectivity index (χ0n) is 9.60. The van der Waals surface area contributed by atoms with Crippen molar-refractivity contribution in [2.45, 2.75) is 53.1 Å². The maximum absolute atomic E-state index is 5.63. The highest BCUT2D eigenvalue weighted by Gasteiger charge is 2.14. The standard InChI is InChI=1S/C11H25NO/c1-5-10(2)13-8-6-7-11(3,4)9-12/h10H,5-9,12H2,1-4H3. The number of hydrogen-bond acceptors (Lipinski definition) is 2. The van der Waals surface area contributed by atoms with E-state index in [4.69, 9.17) is 10.5 Å². The van der Waals surface area contributed by atoms with Crippen molar-refractivity contribution in [2.24, 2.45) is 11.1 Å². The van der Waals surface area contributed by atoms with E-state index in [9.17, 15) is 0 Å². The zero-order chi connectivity index (χ0) is 10.3. The van der Waals surface area contributed by atoms with Gasteiger partial charge in [-0.25, -0.2) is 0 Å². The fraction of sp³-hybridized carbons (Fsp3) is 1.00. The van der Waals surface area contributed by atoms with Gasteiger partial charge in [0, 0.05) is 6.61 Å². The predicted molar refractivity (Wildman–Crippen MR) is 57.8 cm³/mol. The molecule has 80 valence electrons. The lowest BCUT2D eigenvalue weighted by Gasteiger charge is -2.22. The molecular weight excluding hydrogens is 162 g/mol. The van der Waals surface area contributed by atoms with Gasteiger partial charge in [-0.15, -0.1) is 0 Å². The van der Waals surface area contributed by atoms with E-state index in [2.05, 4.69) is 27.7 Å². The first-order valence-corrected chi connectivity index (χ1v) is 5.33. The van der Waals surface area contributed by atoms with Gasteiger partial charge in [0.1, 0.15) is 0 Å². The molecule has 0 aromatic carbocycles. The molecule has 2 heteroatoms. The monoisotopic (exact) mass is 187 g/mol. The molecule has 0 aromatic heterocycles. The summed E-state index contributed by atoms with van der Waals surface area (Å²) >= 11 is 0. The largest absolute Gasteiger partial charge is 0.379 e. The number of ether oxygens (including phenoxy) is 1. The Morgan fingerprint density at radius 2 is 2.00 bits per heavy atom. The highest BCUT2D eigenvalue weighted by Crippen LogP contribution is 2.20. The molecule has 1 atom stereocenters. The van der Waals surface area contributed by atoms with Crippen LogP contribution in [0, 0.1) is 5.41 Å². The summed E-state index contributed by atoms with van der Waals surface area (Å²) in [5.41, 5.74) is 5.91. The summed E-state index contributed by atoms with van der Waals surface area (Å²) in [6.07, 6.45) is 3.77. The highest BCUT2D eigenvalue weighted by molar-refractivity contribution is 4.68. The van der Waals surface area contributed by atoms with E-state index < -0.39 is 0 Å². The van der Waals surface area contributed by atoms with Crippen molar-refractivity contribution in [3.63, 3.8) is 0 Å². The van der Waals surface area contributed by atoms with Crippen LogP contribution >= 0.6 is 0 Å². The molecule has 0 heterocycles. The van der Waals surface area contributed by atoms with Crippen LogP contribution in [0.5, 0.6) is 0 Å². The second-order valence-electron chi connectivity index (χ2n) is 4.56. The Kier molecular flexibility index (Phi) is 6.35. The Labute approximate surface area is 82.8 Å². The van der Waals surface area contributed by atoms with Crippen LogP contribution in [0.2, 0.25) is 0 Å². The van der Waals surface area contributed by atoms with Crippen molar-refractivity contribution >= 4 is 0 Å². The quantitative estimate of drug-likeness (QED) is 0.622. The molecule has 0 aliphatic rings. The maximum atomic E-state index is 5.63. The first-order valence-electron chi connectivity index (χ1n) is 5.33. The molecule has 0 spiro atoms. The van der Waals surface area contributed by atoms with Crippen LogP contribution in [0.1, 0.15) is 47.0 Å². The molecule has 0 bridgehead atoms. The van der Waals surface area contributed by atoms with E-state index >= 15 is 0 Å². The Balaban J connectivity index is 3.35. The summed E-state index contributed by atoms with van der Waals surface area (Å²) in [6.45, 7) is 10.3. The van der Waals surface area contributed by atoms with Crippen LogP contribution in [0.15, 0.2) is 0 Å². The van der Waals surface area contributed by atoms with Crippen LogP contribution in [-0.4, -0.2) is 19.3 Å². The zero-order valence-corrected chi connectivity index (χ0v) is 9.60. The lowest BCUT2D eigenvalue weighted by Crippen LogP contribution is -2.24. The highest BCUT2D eigenvalue weighted by atomic mass is 16.5. The van der Waals surface area contributed by atoms with E-state index in [1.807, 2.05) is 0 Å². The van der Waals surface area contributed by atoms with Gasteiger partial charge in [0.2, 0.25) is 0 Å². The summed E-state index contributed by atoms with van der Waals surface area (Å²) in [4.78, 5) is 0. The van der Waals surface area contributed by atoms with Gasteiger partial charge in [-0.3, -0.25) is 0 Å². The van der Waals surface area contributed by atoms with Crippen molar-refractivity contribution in [3.8, 4) is 0 Å². The molecule has 0 saturated heterocycles. The third-order valence-electron chi connectivity index (χ3n) is 2.53. The Bertz CT molecular complexity index is 123. The molecule has 0 saturated carbocycles. The van der Waals surface area contributed by atoms with Gasteiger partial charge in [0.05, 0.1) is 6.10 Å². The Hall–Kier alpha value is -0.0800. The van der Waals surface area contributed by atoms with Gasteiger partial charge in [0.25, 0.3) is 0 Å². The first-order chi connectivity index (χ1) is 6.02. The fourth-order valence-corrected chi connectivity index (χ4v) is 1.06. The minimum atomic E-state index is 0.277. The average molecular weight is 187 g/mol. The van der Waals surface area contributed by atoms with Crippen molar-refractivity contribution < 1.29 is 4.74 Å². The second-order valence-corrected chi connectivity index (χ2v) is 4.56. The lowest BCUT2D eigenvalue weighted by molar-refractivity contribution is 0.0563. The van der Waals surface area contributed by atoms with E-state index in [1.165, 1.54) is 0 Å². The van der Waals surface area contributed by atoms with E-state index in [0.717, 1.165) is 32.4 Å². The smallest absolute Gasteiger partial charge is 0.0544 e. The SMILES string of the molecule is CCC(C)OCCCC(C)(C)CN. The lowest BCUT2D eigenvalue weighted by atomic mass is 9.88. The first kappa shape index (κ1) is 12.9. The molecule has 0 aromatic rings. The van der Waals surface area contributed by atoms with Gasteiger partial charge in [0.15, 0.2) is 0 Å². The topological polar surface area (TPSA) is 35.2 Å². The molecule has 0 amide bonds.